The van der Waals surface area contributed by atoms with Crippen molar-refractivity contribution >= 4 is 11.8 Å². The zero-order valence-corrected chi connectivity index (χ0v) is 21.4. The average Bonchev–Trinajstić information content (AvgIpc) is 3.15. The first-order chi connectivity index (χ1) is 15.7. The molecule has 0 aromatic heterocycles. The molecule has 0 spiro atoms. The van der Waals surface area contributed by atoms with Gasteiger partial charge in [-0.3, -0.25) is 4.84 Å². The highest BCUT2D eigenvalue weighted by molar-refractivity contribution is 5.85. The lowest BCUT2D eigenvalue weighted by Crippen LogP contribution is -2.51. The van der Waals surface area contributed by atoms with E-state index in [0.717, 1.165) is 55.7 Å². The number of nitrogens with one attached hydrogen (secondary N) is 1. The average molecular weight is 460 g/mol. The zero-order valence-electron chi connectivity index (χ0n) is 21.4. The molecule has 6 nitrogen and oxygen atoms in total. The second-order valence-electron chi connectivity index (χ2n) is 11.6. The number of nitrogens with zero attached hydrogens (tertiary/aromatic N) is 2. The van der Waals surface area contributed by atoms with Crippen molar-refractivity contribution in [3.05, 3.63) is 11.6 Å². The van der Waals surface area contributed by atoms with Crippen molar-refractivity contribution < 1.29 is 14.7 Å². The maximum Gasteiger partial charge on any atom is 0.436 e. The van der Waals surface area contributed by atoms with Crippen LogP contribution in [0.2, 0.25) is 0 Å². The molecule has 0 aromatic carbocycles. The quantitative estimate of drug-likeness (QED) is 0.254. The summed E-state index contributed by atoms with van der Waals surface area (Å²) in [6.45, 7) is 11.0. The molecule has 0 aliphatic heterocycles. The minimum Gasteiger partial charge on any atom is -0.389 e. The van der Waals surface area contributed by atoms with Crippen molar-refractivity contribution in [3.63, 3.8) is 0 Å². The number of hydrogen-bond donors (Lipinski definition) is 2. The van der Waals surface area contributed by atoms with E-state index in [9.17, 15) is 9.90 Å². The van der Waals surface area contributed by atoms with Crippen LogP contribution in [0.25, 0.3) is 0 Å². The zero-order chi connectivity index (χ0) is 23.8. The van der Waals surface area contributed by atoms with E-state index in [2.05, 4.69) is 37.3 Å². The van der Waals surface area contributed by atoms with E-state index >= 15 is 0 Å². The van der Waals surface area contributed by atoms with Crippen LogP contribution in [-0.2, 0) is 4.84 Å². The van der Waals surface area contributed by atoms with E-state index < -0.39 is 0 Å². The normalized spacial score (nSPS) is 40.4. The van der Waals surface area contributed by atoms with Gasteiger partial charge >= 0.3 is 6.09 Å². The minimum absolute atomic E-state index is 0.238. The standard InChI is InChI=1S/C27H45N3O3/c1-6-30(16-15-28-5)25(32)33-29-18(2)22-9-10-23-21-8-7-19-17-20(31)11-13-26(19,3)24(21)12-14-27(22,23)4/h17,20-24,28,31H,6-16H2,1-5H3/b29-18+/t20-,21-,22+,23-,24-,26-,27+/m0/s1. The van der Waals surface area contributed by atoms with Gasteiger partial charge in [0.05, 0.1) is 11.8 Å². The highest BCUT2D eigenvalue weighted by Gasteiger charge is 2.59. The number of carbonyl (C=O) groups is 1. The van der Waals surface area contributed by atoms with Crippen LogP contribution in [0.5, 0.6) is 0 Å². The van der Waals surface area contributed by atoms with Crippen molar-refractivity contribution in [2.24, 2.45) is 39.7 Å². The Hall–Kier alpha value is -1.40. The summed E-state index contributed by atoms with van der Waals surface area (Å²) in [5, 5.41) is 17.7. The highest BCUT2D eigenvalue weighted by atomic mass is 16.7. The second kappa shape index (κ2) is 9.69. The van der Waals surface area contributed by atoms with Crippen molar-refractivity contribution in [3.8, 4) is 0 Å². The van der Waals surface area contributed by atoms with Crippen molar-refractivity contribution in [1.82, 2.24) is 10.2 Å². The molecule has 1 amide bonds. The van der Waals surface area contributed by atoms with E-state index in [-0.39, 0.29) is 23.0 Å². The maximum atomic E-state index is 12.5. The molecule has 0 bridgehead atoms. The van der Waals surface area contributed by atoms with Gasteiger partial charge in [0.1, 0.15) is 0 Å². The van der Waals surface area contributed by atoms with Crippen molar-refractivity contribution in [1.29, 1.82) is 0 Å². The van der Waals surface area contributed by atoms with Crippen LogP contribution < -0.4 is 5.32 Å². The monoisotopic (exact) mass is 459 g/mol. The fourth-order valence-corrected chi connectivity index (χ4v) is 8.25. The molecule has 6 heteroatoms. The molecule has 0 aromatic rings. The van der Waals surface area contributed by atoms with Crippen LogP contribution in [0, 0.1) is 34.5 Å². The SMILES string of the molecule is CCN(CCNC)C(=O)O/N=C(\C)[C@H]1CC[C@H]2[C@@H]3CCC4=C[C@@H](O)CC[C@]4(C)[C@H]3CC[C@]12C. The number of aliphatic hydroxyl groups is 1. The van der Waals surface area contributed by atoms with Crippen LogP contribution in [0.1, 0.15) is 79.1 Å². The lowest BCUT2D eigenvalue weighted by atomic mass is 9.46. The number of allylic oxidation sites excluding steroid dienone is 1. The number of hydrogen-bond acceptors (Lipinski definition) is 5. The summed E-state index contributed by atoms with van der Waals surface area (Å²) in [5.41, 5.74) is 3.03. The highest BCUT2D eigenvalue weighted by Crippen LogP contribution is 2.66. The van der Waals surface area contributed by atoms with Gasteiger partial charge in [-0.15, -0.1) is 0 Å². The molecule has 4 aliphatic carbocycles. The Morgan fingerprint density at radius 3 is 2.73 bits per heavy atom. The summed E-state index contributed by atoms with van der Waals surface area (Å²) in [6.07, 6.45) is 10.9. The van der Waals surface area contributed by atoms with Gasteiger partial charge in [0.2, 0.25) is 0 Å². The van der Waals surface area contributed by atoms with Gasteiger partial charge in [-0.2, -0.15) is 0 Å². The molecule has 33 heavy (non-hydrogen) atoms. The molecule has 4 aliphatic rings. The molecular formula is C27H45N3O3. The van der Waals surface area contributed by atoms with Crippen LogP contribution in [-0.4, -0.2) is 54.6 Å². The Kier molecular flexibility index (Phi) is 7.26. The number of rotatable bonds is 6. The Balaban J connectivity index is 1.46. The van der Waals surface area contributed by atoms with Gasteiger partial charge in [0.15, 0.2) is 0 Å². The fourth-order valence-electron chi connectivity index (χ4n) is 8.25. The van der Waals surface area contributed by atoms with Gasteiger partial charge in [0, 0.05) is 25.6 Å². The summed E-state index contributed by atoms with van der Waals surface area (Å²) in [4.78, 5) is 19.6. The van der Waals surface area contributed by atoms with Gasteiger partial charge in [-0.05, 0) is 101 Å². The Bertz CT molecular complexity index is 795. The van der Waals surface area contributed by atoms with Crippen LogP contribution in [0.4, 0.5) is 4.79 Å². The first kappa shape index (κ1) is 24.7. The Labute approximate surface area is 200 Å². The molecule has 0 saturated heterocycles. The van der Waals surface area contributed by atoms with E-state index in [4.69, 9.17) is 4.84 Å². The third kappa shape index (κ3) is 4.38. The lowest BCUT2D eigenvalue weighted by molar-refractivity contribution is -0.0479. The van der Waals surface area contributed by atoms with E-state index in [0.29, 0.717) is 19.0 Å². The molecule has 2 N–H and O–H groups in total. The predicted molar refractivity (Wildman–Crippen MR) is 132 cm³/mol. The van der Waals surface area contributed by atoms with Crippen molar-refractivity contribution in [2.45, 2.75) is 85.2 Å². The third-order valence-corrected chi connectivity index (χ3v) is 10.1. The topological polar surface area (TPSA) is 74.2 Å². The molecule has 0 unspecified atom stereocenters. The Morgan fingerprint density at radius 1 is 1.21 bits per heavy atom. The number of carbonyl (C=O) groups excluding carboxylic acids is 1. The summed E-state index contributed by atoms with van der Waals surface area (Å²) >= 11 is 0. The number of likely N-dealkylation sites (N-methyl/N-ethyl adjacent to an activating group) is 2. The van der Waals surface area contributed by atoms with Gasteiger partial charge in [0.25, 0.3) is 0 Å². The maximum absolute atomic E-state index is 12.5. The number of aliphatic hydroxyl groups excluding tert-OH is 1. The molecular weight excluding hydrogens is 414 g/mol. The van der Waals surface area contributed by atoms with Crippen molar-refractivity contribution in [2.75, 3.05) is 26.7 Å². The molecule has 3 fully saturated rings. The number of amides is 1. The number of oxime groups is 1. The van der Waals surface area contributed by atoms with Gasteiger partial charge in [-0.1, -0.05) is 30.7 Å². The third-order valence-electron chi connectivity index (χ3n) is 10.1. The summed E-state index contributed by atoms with van der Waals surface area (Å²) in [5.74, 6) is 2.61. The van der Waals surface area contributed by atoms with Gasteiger partial charge in [-0.25, -0.2) is 4.79 Å². The first-order valence-electron chi connectivity index (χ1n) is 13.3. The van der Waals surface area contributed by atoms with E-state index in [1.54, 1.807) is 4.90 Å². The first-order valence-corrected chi connectivity index (χ1v) is 13.3. The fraction of sp³-hybridized carbons (Fsp3) is 0.852. The number of fused-ring (bicyclic) bond motifs is 5. The summed E-state index contributed by atoms with van der Waals surface area (Å²) in [6, 6.07) is 0. The van der Waals surface area contributed by atoms with Crippen LogP contribution >= 0.6 is 0 Å². The molecule has 0 radical (unpaired) electrons. The molecule has 7 atom stereocenters. The summed E-state index contributed by atoms with van der Waals surface area (Å²) in [7, 11) is 1.88. The van der Waals surface area contributed by atoms with Gasteiger partial charge < -0.3 is 15.3 Å². The largest absolute Gasteiger partial charge is 0.436 e. The molecule has 3 saturated carbocycles. The van der Waals surface area contributed by atoms with Crippen LogP contribution in [0.3, 0.4) is 0 Å². The molecule has 0 heterocycles. The Morgan fingerprint density at radius 2 is 2.00 bits per heavy atom. The van der Waals surface area contributed by atoms with Crippen LogP contribution in [0.15, 0.2) is 16.8 Å². The second-order valence-corrected chi connectivity index (χ2v) is 11.6. The molecule has 4 rings (SSSR count). The smallest absolute Gasteiger partial charge is 0.389 e. The van der Waals surface area contributed by atoms with E-state index in [1.807, 2.05) is 14.0 Å². The lowest BCUT2D eigenvalue weighted by Gasteiger charge is -2.58. The predicted octanol–water partition coefficient (Wildman–Crippen LogP) is 4.98. The summed E-state index contributed by atoms with van der Waals surface area (Å²) < 4.78 is 0. The molecule has 186 valence electrons. The minimum atomic E-state index is -0.352. The van der Waals surface area contributed by atoms with E-state index in [1.165, 1.54) is 31.3 Å².